The second-order valence-electron chi connectivity index (χ2n) is 22.3. The largest absolute Gasteiger partial charge is 1.00 e. The smallest absolute Gasteiger partial charge is 1.00 e. The van der Waals surface area contributed by atoms with E-state index in [1.165, 1.54) is 78.4 Å². The van der Waals surface area contributed by atoms with Crippen molar-refractivity contribution in [2.45, 2.75) is 81.1 Å². The SMILES string of the molecule is CCN(CC)c1ccc2c(c1)Cc1c-2ccc(N(CC)CC)[c]1[Hf]([C]1=CC=CC1)=[C](c1ccccc1)c1ccccc1.CCN(CC)c1ccc2c(c1)Cc1c-2ccc(N(CC)CC)[c]1[Hf]([C]1=CC=CC1)=[C](c1ccccc1)c1ccccc1.[Cl-].[Cl-]. The molecule has 0 amide bonds. The van der Waals surface area contributed by atoms with Gasteiger partial charge in [-0.15, -0.1) is 0 Å². The van der Waals surface area contributed by atoms with Gasteiger partial charge in [0.2, 0.25) is 0 Å². The first kappa shape index (κ1) is 64.5. The van der Waals surface area contributed by atoms with Crippen molar-refractivity contribution in [2.75, 3.05) is 72.0 Å². The Morgan fingerprint density at radius 2 is 0.651 bits per heavy atom. The van der Waals surface area contributed by atoms with Gasteiger partial charge in [-0.2, -0.15) is 0 Å². The van der Waals surface area contributed by atoms with Crippen molar-refractivity contribution >= 4 is 35.9 Å². The summed E-state index contributed by atoms with van der Waals surface area (Å²) in [7, 11) is 0. The Balaban J connectivity index is 0.000000201. The standard InChI is InChI=1S/2C21H27N2.2C13H10.2C5H5.2ClH.2Hf/c2*1-5-22(6-2)18-9-11-20-16(14-18)13-17-15-19(10-12-21(17)20)23(7-3)8-4;2*1-3-7-12(8-4-1)11-13-9-5-2-6-10-13;2*1-2-4-5-3-1;;;;/h2*9-12,14H,5-8,13H2,1-4H3;2*1-10H;2*1-3H,4H2;2*1H;;/p-2. The van der Waals surface area contributed by atoms with Crippen LogP contribution >= 0.6 is 0 Å². The van der Waals surface area contributed by atoms with Crippen LogP contribution in [0.1, 0.15) is 113 Å². The number of hydrogen-bond donors (Lipinski definition) is 0. The van der Waals surface area contributed by atoms with Crippen LogP contribution < -0.4 is 51.1 Å². The van der Waals surface area contributed by atoms with E-state index in [1.807, 2.05) is 0 Å². The summed E-state index contributed by atoms with van der Waals surface area (Å²) in [6.07, 6.45) is 18.5. The van der Waals surface area contributed by atoms with E-state index in [9.17, 15) is 0 Å². The van der Waals surface area contributed by atoms with Gasteiger partial charge in [-0.1, -0.05) is 0 Å². The topological polar surface area (TPSA) is 13.0 Å². The number of anilines is 4. The van der Waals surface area contributed by atoms with Crippen LogP contribution in [0.3, 0.4) is 0 Å². The average molecular weight is 1510 g/mol. The van der Waals surface area contributed by atoms with E-state index >= 15 is 0 Å². The Morgan fingerprint density at radius 1 is 0.349 bits per heavy atom. The predicted octanol–water partition coefficient (Wildman–Crippen LogP) is 10.6. The third-order valence-electron chi connectivity index (χ3n) is 18.0. The maximum atomic E-state index is 2.61. The van der Waals surface area contributed by atoms with Gasteiger partial charge in [0.15, 0.2) is 0 Å². The van der Waals surface area contributed by atoms with Crippen LogP contribution in [0.4, 0.5) is 22.7 Å². The summed E-state index contributed by atoms with van der Waals surface area (Å²) < 4.78 is 9.97. The van der Waals surface area contributed by atoms with Crippen LogP contribution in [0.2, 0.25) is 0 Å². The van der Waals surface area contributed by atoms with Gasteiger partial charge in [0.25, 0.3) is 0 Å². The fraction of sp³-hybridized carbons (Fsp3) is 0.256. The quantitative estimate of drug-likeness (QED) is 0.0705. The number of rotatable bonds is 20. The molecule has 0 saturated heterocycles. The summed E-state index contributed by atoms with van der Waals surface area (Å²) in [6.45, 7) is 26.5. The van der Waals surface area contributed by atoms with Crippen LogP contribution in [0.15, 0.2) is 225 Å². The molecule has 4 aliphatic carbocycles. The molecule has 0 radical (unpaired) electrons. The Bertz CT molecular complexity index is 3490. The first-order chi connectivity index (χ1) is 41.4. The number of nitrogens with zero attached hydrogens (tertiary/aromatic N) is 4. The van der Waals surface area contributed by atoms with Crippen LogP contribution in [0, 0.1) is 0 Å². The Kier molecular flexibility index (Phi) is 22.7. The molecule has 4 aliphatic rings. The van der Waals surface area contributed by atoms with Crippen LogP contribution in [0.25, 0.3) is 22.3 Å². The Hall–Kier alpha value is -6.02. The van der Waals surface area contributed by atoms with Crippen molar-refractivity contribution in [3.8, 4) is 22.3 Å². The van der Waals surface area contributed by atoms with Crippen molar-refractivity contribution in [1.82, 2.24) is 0 Å². The molecule has 8 aromatic carbocycles. The van der Waals surface area contributed by atoms with E-state index in [0.29, 0.717) is 0 Å². The maximum absolute atomic E-state index is 2.98. The molecule has 0 aliphatic heterocycles. The Morgan fingerprint density at radius 3 is 0.930 bits per heavy atom. The molecule has 86 heavy (non-hydrogen) atoms. The molecule has 440 valence electrons. The zero-order chi connectivity index (χ0) is 58.1. The fourth-order valence-corrected chi connectivity index (χ4v) is 38.3. The van der Waals surface area contributed by atoms with Gasteiger partial charge in [-0.05, 0) is 0 Å². The first-order valence-electron chi connectivity index (χ1n) is 31.4. The van der Waals surface area contributed by atoms with E-state index < -0.39 is 41.9 Å². The summed E-state index contributed by atoms with van der Waals surface area (Å²) in [4.78, 5) is 10.2. The van der Waals surface area contributed by atoms with Crippen molar-refractivity contribution in [1.29, 1.82) is 0 Å². The van der Waals surface area contributed by atoms with Crippen LogP contribution in [-0.2, 0) is 54.8 Å². The molecular formula is C78H84Cl2Hf2N4-2. The number of fused-ring (bicyclic) bond motifs is 6. The molecule has 0 spiro atoms. The molecule has 0 aromatic heterocycles. The van der Waals surface area contributed by atoms with Gasteiger partial charge in [0.05, 0.1) is 0 Å². The van der Waals surface area contributed by atoms with Gasteiger partial charge in [0.1, 0.15) is 0 Å². The summed E-state index contributed by atoms with van der Waals surface area (Å²) in [6, 6.07) is 69.4. The molecule has 0 heterocycles. The third kappa shape index (κ3) is 13.1. The molecule has 12 rings (SSSR count). The number of halogens is 2. The van der Waals surface area contributed by atoms with Gasteiger partial charge < -0.3 is 24.8 Å². The van der Waals surface area contributed by atoms with E-state index in [1.54, 1.807) is 30.9 Å². The fourth-order valence-electron chi connectivity index (χ4n) is 13.8. The summed E-state index contributed by atoms with van der Waals surface area (Å²) >= 11 is -5.96. The van der Waals surface area contributed by atoms with Crippen molar-refractivity contribution in [2.24, 2.45) is 0 Å². The summed E-state index contributed by atoms with van der Waals surface area (Å²) in [5.41, 5.74) is 23.1. The third-order valence-corrected chi connectivity index (χ3v) is 40.6. The first-order valence-corrected chi connectivity index (χ1v) is 42.1. The number of hydrogen-bond acceptors (Lipinski definition) is 4. The molecule has 0 saturated carbocycles. The van der Waals surface area contributed by atoms with Crippen molar-refractivity contribution < 1.29 is 66.7 Å². The van der Waals surface area contributed by atoms with Gasteiger partial charge in [-0.25, -0.2) is 0 Å². The normalized spacial score (nSPS) is 12.7. The minimum Gasteiger partial charge on any atom is -1.00 e. The summed E-state index contributed by atoms with van der Waals surface area (Å²) in [5.74, 6) is 0. The molecule has 0 atom stereocenters. The van der Waals surface area contributed by atoms with Crippen LogP contribution in [-0.4, -0.2) is 58.9 Å². The second kappa shape index (κ2) is 30.3. The molecule has 4 nitrogen and oxygen atoms in total. The van der Waals surface area contributed by atoms with E-state index in [4.69, 9.17) is 0 Å². The van der Waals surface area contributed by atoms with E-state index in [0.717, 1.165) is 78.0 Å². The van der Waals surface area contributed by atoms with Crippen LogP contribution in [0.5, 0.6) is 0 Å². The minimum absolute atomic E-state index is 0. The number of benzene rings is 8. The molecule has 0 unspecified atom stereocenters. The summed E-state index contributed by atoms with van der Waals surface area (Å²) in [5, 5.41) is 0. The molecular weight excluding hydrogens is 1420 g/mol. The number of allylic oxidation sites excluding steroid dienone is 8. The van der Waals surface area contributed by atoms with Crippen molar-refractivity contribution in [3.05, 3.63) is 270 Å². The molecule has 0 bridgehead atoms. The molecule has 0 N–H and O–H groups in total. The molecule has 0 fully saturated rings. The monoisotopic (exact) mass is 1510 g/mol. The minimum atomic E-state index is -2.98. The van der Waals surface area contributed by atoms with Crippen molar-refractivity contribution in [3.63, 3.8) is 0 Å². The maximum Gasteiger partial charge on any atom is -1.00 e. The Labute approximate surface area is 542 Å². The molecule has 8 heteroatoms. The zero-order valence-corrected chi connectivity index (χ0v) is 60.5. The predicted molar refractivity (Wildman–Crippen MR) is 359 cm³/mol. The van der Waals surface area contributed by atoms with E-state index in [2.05, 4.69) is 293 Å². The average Bonchev–Trinajstić information content (AvgIpc) is 2.02. The van der Waals surface area contributed by atoms with E-state index in [-0.39, 0.29) is 24.8 Å². The molecule has 8 aromatic rings. The van der Waals surface area contributed by atoms with Gasteiger partial charge in [-0.3, -0.25) is 0 Å². The zero-order valence-electron chi connectivity index (χ0n) is 51.8. The second-order valence-corrected chi connectivity index (χ2v) is 39.5. The van der Waals surface area contributed by atoms with Gasteiger partial charge in [0, 0.05) is 0 Å². The van der Waals surface area contributed by atoms with Gasteiger partial charge >= 0.3 is 523 Å².